The van der Waals surface area contributed by atoms with Crippen LogP contribution in [-0.2, 0) is 30.3 Å². The molecule has 6 unspecified atom stereocenters. The second-order valence-corrected chi connectivity index (χ2v) is 11.2. The number of aromatic hydroxyl groups is 1. The summed E-state index contributed by atoms with van der Waals surface area (Å²) in [5.74, 6) is -1.63. The minimum absolute atomic E-state index is 0.0422. The van der Waals surface area contributed by atoms with E-state index in [1.54, 1.807) is 44.2 Å². The van der Waals surface area contributed by atoms with Crippen LogP contribution in [0.4, 0.5) is 5.69 Å². The maximum Gasteiger partial charge on any atom is 0.328 e. The fraction of sp³-hybridized carbons (Fsp3) is 0.500. The molecule has 6 atom stereocenters. The Bertz CT molecular complexity index is 1200. The molecule has 2 rings (SSSR count). The number of rotatable bonds is 6. The molecule has 0 saturated heterocycles. The van der Waals surface area contributed by atoms with Crippen LogP contribution in [0.5, 0.6) is 5.75 Å². The van der Waals surface area contributed by atoms with Crippen LogP contribution in [-0.4, -0.2) is 59.5 Å². The molecule has 0 saturated carbocycles. The molecule has 236 valence electrons. The van der Waals surface area contributed by atoms with Crippen LogP contribution in [0.3, 0.4) is 0 Å². The number of ether oxygens (including phenoxy) is 2. The number of hydrogen-bond acceptors (Lipinski definition) is 7. The first-order valence-corrected chi connectivity index (χ1v) is 15.0. The molecular weight excluding hydrogens is 548 g/mol. The molecule has 0 fully saturated rings. The normalized spacial score (nSPS) is 27.1. The number of amides is 2. The summed E-state index contributed by atoms with van der Waals surface area (Å²) in [7, 11) is 1.53. The van der Waals surface area contributed by atoms with Crippen molar-refractivity contribution in [3.63, 3.8) is 0 Å². The van der Waals surface area contributed by atoms with Crippen molar-refractivity contribution in [2.45, 2.75) is 91.1 Å². The van der Waals surface area contributed by atoms with Crippen molar-refractivity contribution in [3.05, 3.63) is 71.9 Å². The van der Waals surface area contributed by atoms with E-state index in [1.807, 2.05) is 45.1 Å². The van der Waals surface area contributed by atoms with Gasteiger partial charge in [0.25, 0.3) is 0 Å². The number of methoxy groups -OCH3 is 1. The number of aliphatic hydroxyl groups is 1. The Morgan fingerprint density at radius 2 is 1.86 bits per heavy atom. The third-order valence-electron chi connectivity index (χ3n) is 7.60. The molecule has 1 heterocycles. The number of aryl methyl sites for hydroxylation is 1. The summed E-state index contributed by atoms with van der Waals surface area (Å²) < 4.78 is 11.3. The van der Waals surface area contributed by atoms with Crippen LogP contribution >= 0.6 is 0 Å². The molecule has 43 heavy (non-hydrogen) atoms. The average molecular weight is 597 g/mol. The van der Waals surface area contributed by atoms with Crippen LogP contribution in [0.15, 0.2) is 66.3 Å². The fourth-order valence-electron chi connectivity index (χ4n) is 4.55. The Kier molecular flexibility index (Phi) is 14.9. The van der Waals surface area contributed by atoms with Crippen LogP contribution < -0.4 is 10.6 Å². The molecule has 0 aliphatic carbocycles. The number of carbonyl (C=O) groups is 3. The Hall–Kier alpha value is -3.69. The Morgan fingerprint density at radius 1 is 1.14 bits per heavy atom. The molecule has 2 amide bonds. The van der Waals surface area contributed by atoms with Gasteiger partial charge in [0.05, 0.1) is 18.6 Å². The zero-order valence-corrected chi connectivity index (χ0v) is 26.2. The van der Waals surface area contributed by atoms with E-state index in [0.717, 1.165) is 11.1 Å². The highest BCUT2D eigenvalue weighted by atomic mass is 16.5. The average Bonchev–Trinajstić information content (AvgIpc) is 2.96. The molecule has 1 aromatic carbocycles. The maximum atomic E-state index is 13.0. The Balaban J connectivity index is 2.31. The van der Waals surface area contributed by atoms with Gasteiger partial charge in [-0.3, -0.25) is 9.59 Å². The second-order valence-electron chi connectivity index (χ2n) is 11.2. The molecule has 4 N–H and O–H groups in total. The highest BCUT2D eigenvalue weighted by molar-refractivity contribution is 5.91. The van der Waals surface area contributed by atoms with Crippen LogP contribution in [0, 0.1) is 11.8 Å². The van der Waals surface area contributed by atoms with Crippen molar-refractivity contribution >= 4 is 23.5 Å². The summed E-state index contributed by atoms with van der Waals surface area (Å²) in [6.07, 6.45) is 13.0. The standard InChI is InChI=1S/C34H48N2O7/c1-7-22(2)33(40)35-25(5)34(41)43-30-17-12-10-8-9-11-16-29(42-6)21-31(38)36-27-18-26(19-28(37)20-27)15-13-14-23(3)32(39)24(30)4/h8-12,14,16,18-20,22,24-25,29-30,32,37,39H,7,13,15,17,21H2,1-6H3,(H,35,40)(H,36,38)/b9-8+,12-10+,16-11-,23-14-. The third kappa shape index (κ3) is 12.2. The third-order valence-corrected chi connectivity index (χ3v) is 7.60. The summed E-state index contributed by atoms with van der Waals surface area (Å²) in [4.78, 5) is 37.9. The number of allylic oxidation sites excluding steroid dienone is 5. The van der Waals surface area contributed by atoms with Crippen molar-refractivity contribution in [3.8, 4) is 5.75 Å². The number of nitrogens with one attached hydrogen (secondary N) is 2. The lowest BCUT2D eigenvalue weighted by Gasteiger charge is -2.29. The summed E-state index contributed by atoms with van der Waals surface area (Å²) in [6, 6.07) is 4.12. The van der Waals surface area contributed by atoms with Gasteiger partial charge in [0.2, 0.25) is 11.8 Å². The molecule has 0 spiro atoms. The highest BCUT2D eigenvalue weighted by Gasteiger charge is 2.30. The quantitative estimate of drug-likeness (QED) is 0.264. The van der Waals surface area contributed by atoms with Crippen molar-refractivity contribution in [2.75, 3.05) is 12.4 Å². The molecular formula is C34H48N2O7. The van der Waals surface area contributed by atoms with E-state index in [9.17, 15) is 24.6 Å². The summed E-state index contributed by atoms with van der Waals surface area (Å²) in [5.41, 5.74) is 2.04. The first kappa shape index (κ1) is 35.5. The molecule has 0 radical (unpaired) electrons. The largest absolute Gasteiger partial charge is 0.508 e. The highest BCUT2D eigenvalue weighted by Crippen LogP contribution is 2.24. The lowest BCUT2D eigenvalue weighted by atomic mass is 9.90. The van der Waals surface area contributed by atoms with Gasteiger partial charge in [-0.25, -0.2) is 4.79 Å². The molecule has 9 nitrogen and oxygen atoms in total. The molecule has 1 aliphatic heterocycles. The summed E-state index contributed by atoms with van der Waals surface area (Å²) >= 11 is 0. The number of phenolic OH excluding ortho intramolecular Hbond substituents is 1. The van der Waals surface area contributed by atoms with Gasteiger partial charge in [-0.2, -0.15) is 0 Å². The number of anilines is 1. The number of benzene rings is 1. The minimum Gasteiger partial charge on any atom is -0.508 e. The Morgan fingerprint density at radius 3 is 2.56 bits per heavy atom. The lowest BCUT2D eigenvalue weighted by Crippen LogP contribution is -2.44. The van der Waals surface area contributed by atoms with Gasteiger partial charge in [-0.05, 0) is 56.4 Å². The van der Waals surface area contributed by atoms with Gasteiger partial charge in [-0.15, -0.1) is 0 Å². The fourth-order valence-corrected chi connectivity index (χ4v) is 4.55. The van der Waals surface area contributed by atoms with Crippen molar-refractivity contribution in [1.82, 2.24) is 5.32 Å². The number of phenols is 1. The number of esters is 1. The first-order chi connectivity index (χ1) is 20.4. The first-order valence-electron chi connectivity index (χ1n) is 15.0. The number of fused-ring (bicyclic) bond motifs is 2. The molecule has 1 aliphatic rings. The van der Waals surface area contributed by atoms with Crippen LogP contribution in [0.1, 0.15) is 65.9 Å². The van der Waals surface area contributed by atoms with E-state index in [4.69, 9.17) is 9.47 Å². The molecule has 2 bridgehead atoms. The SMILES string of the molecule is CCC(C)C(=O)NC(C)C(=O)OC1C/C=C/C=C/C=C\C(OC)CC(=O)Nc2cc(O)cc(c2)CC/C=C(/C)C(O)C1C. The van der Waals surface area contributed by atoms with E-state index < -0.39 is 36.2 Å². The zero-order valence-electron chi connectivity index (χ0n) is 26.2. The summed E-state index contributed by atoms with van der Waals surface area (Å²) in [6.45, 7) is 8.96. The van der Waals surface area contributed by atoms with Crippen molar-refractivity contribution in [1.29, 1.82) is 0 Å². The number of hydrogen-bond donors (Lipinski definition) is 4. The van der Waals surface area contributed by atoms with Crippen LogP contribution in [0.25, 0.3) is 0 Å². The van der Waals surface area contributed by atoms with Crippen molar-refractivity contribution < 1.29 is 34.1 Å². The predicted molar refractivity (Wildman–Crippen MR) is 168 cm³/mol. The molecule has 1 aromatic rings. The number of aliphatic hydroxyl groups excluding tert-OH is 1. The Labute approximate surface area is 255 Å². The van der Waals surface area contributed by atoms with E-state index >= 15 is 0 Å². The topological polar surface area (TPSA) is 134 Å². The summed E-state index contributed by atoms with van der Waals surface area (Å²) in [5, 5.41) is 27.0. The smallest absolute Gasteiger partial charge is 0.328 e. The van der Waals surface area contributed by atoms with Gasteiger partial charge in [0, 0.05) is 37.1 Å². The predicted octanol–water partition coefficient (Wildman–Crippen LogP) is 5.15. The molecule has 9 heteroatoms. The van der Waals surface area contributed by atoms with Crippen LogP contribution in [0.2, 0.25) is 0 Å². The van der Waals surface area contributed by atoms with Gasteiger partial charge >= 0.3 is 5.97 Å². The minimum atomic E-state index is -0.881. The van der Waals surface area contributed by atoms with E-state index in [2.05, 4.69) is 10.6 Å². The van der Waals surface area contributed by atoms with E-state index in [1.165, 1.54) is 13.2 Å². The number of carbonyl (C=O) groups excluding carboxylic acids is 3. The van der Waals surface area contributed by atoms with E-state index in [0.29, 0.717) is 31.4 Å². The van der Waals surface area contributed by atoms with Gasteiger partial charge in [0.15, 0.2) is 0 Å². The van der Waals surface area contributed by atoms with Gasteiger partial charge in [0.1, 0.15) is 17.9 Å². The maximum absolute atomic E-state index is 13.0. The zero-order chi connectivity index (χ0) is 31.9. The lowest BCUT2D eigenvalue weighted by molar-refractivity contribution is -0.156. The monoisotopic (exact) mass is 596 g/mol. The van der Waals surface area contributed by atoms with E-state index in [-0.39, 0.29) is 29.9 Å². The second kappa shape index (κ2) is 18.1. The van der Waals surface area contributed by atoms with Gasteiger partial charge < -0.3 is 30.3 Å². The molecule has 0 aromatic heterocycles. The van der Waals surface area contributed by atoms with Crippen molar-refractivity contribution in [2.24, 2.45) is 11.8 Å². The van der Waals surface area contributed by atoms with Gasteiger partial charge in [-0.1, -0.05) is 63.3 Å².